The number of hydrogen-bond acceptors (Lipinski definition) is 3. The van der Waals surface area contributed by atoms with E-state index < -0.39 is 6.67 Å². The highest BCUT2D eigenvalue weighted by Crippen LogP contribution is 2.44. The average molecular weight is 206 g/mol. The monoisotopic (exact) mass is 206 g/mol. The Morgan fingerprint density at radius 1 is 1.60 bits per heavy atom. The smallest absolute Gasteiger partial charge is 0.144 e. The number of alkyl halides is 1. The summed E-state index contributed by atoms with van der Waals surface area (Å²) in [5.74, 6) is 1.10. The molecular formula is C11H11FN2O. The fourth-order valence-electron chi connectivity index (χ4n) is 1.48. The number of hydrogen-bond donors (Lipinski definition) is 0. The zero-order valence-corrected chi connectivity index (χ0v) is 8.24. The molecule has 0 spiro atoms. The highest BCUT2D eigenvalue weighted by atomic mass is 19.1. The summed E-state index contributed by atoms with van der Waals surface area (Å²) in [7, 11) is 0. The van der Waals surface area contributed by atoms with Crippen LogP contribution in [0.15, 0.2) is 12.3 Å². The van der Waals surface area contributed by atoms with Crippen LogP contribution in [0.25, 0.3) is 0 Å². The van der Waals surface area contributed by atoms with Gasteiger partial charge in [0.2, 0.25) is 0 Å². The Morgan fingerprint density at radius 2 is 2.40 bits per heavy atom. The molecule has 0 unspecified atom stereocenters. The van der Waals surface area contributed by atoms with E-state index in [1.807, 2.05) is 6.07 Å². The molecule has 0 bridgehead atoms. The van der Waals surface area contributed by atoms with Crippen molar-refractivity contribution < 1.29 is 9.13 Å². The van der Waals surface area contributed by atoms with Crippen molar-refractivity contribution in [3.8, 4) is 11.8 Å². The molecule has 0 atom stereocenters. The second kappa shape index (κ2) is 4.26. The third-order valence-corrected chi connectivity index (χ3v) is 2.36. The van der Waals surface area contributed by atoms with Crippen LogP contribution in [0.1, 0.15) is 30.0 Å². The molecule has 0 aromatic carbocycles. The number of nitrogens with zero attached hydrogens (tertiary/aromatic N) is 2. The van der Waals surface area contributed by atoms with Crippen molar-refractivity contribution in [3.63, 3.8) is 0 Å². The van der Waals surface area contributed by atoms with Crippen LogP contribution in [-0.4, -0.2) is 18.3 Å². The highest BCUT2D eigenvalue weighted by molar-refractivity contribution is 5.41. The van der Waals surface area contributed by atoms with E-state index in [1.54, 1.807) is 12.3 Å². The first kappa shape index (κ1) is 9.91. The molecule has 1 aromatic rings. The Kier molecular flexibility index (Phi) is 2.82. The van der Waals surface area contributed by atoms with Crippen LogP contribution in [0.4, 0.5) is 4.39 Å². The predicted octanol–water partition coefficient (Wildman–Crippen LogP) is 2.18. The summed E-state index contributed by atoms with van der Waals surface area (Å²) >= 11 is 0. The topological polar surface area (TPSA) is 45.9 Å². The minimum Gasteiger partial charge on any atom is -0.490 e. The van der Waals surface area contributed by atoms with Gasteiger partial charge in [-0.05, 0) is 18.8 Å². The molecule has 1 fully saturated rings. The van der Waals surface area contributed by atoms with Gasteiger partial charge in [0.25, 0.3) is 0 Å². The van der Waals surface area contributed by atoms with E-state index in [2.05, 4.69) is 4.98 Å². The van der Waals surface area contributed by atoms with Gasteiger partial charge in [-0.3, -0.25) is 0 Å². The van der Waals surface area contributed by atoms with Gasteiger partial charge in [-0.2, -0.15) is 5.26 Å². The molecule has 0 radical (unpaired) electrons. The third kappa shape index (κ3) is 2.24. The molecule has 3 nitrogen and oxygen atoms in total. The lowest BCUT2D eigenvalue weighted by molar-refractivity contribution is 0.270. The predicted molar refractivity (Wildman–Crippen MR) is 52.4 cm³/mol. The van der Waals surface area contributed by atoms with Crippen LogP contribution in [-0.2, 0) is 0 Å². The largest absolute Gasteiger partial charge is 0.490 e. The molecule has 0 saturated heterocycles. The Bertz CT molecular complexity index is 396. The van der Waals surface area contributed by atoms with E-state index in [9.17, 15) is 4.39 Å². The summed E-state index contributed by atoms with van der Waals surface area (Å²) in [6.07, 6.45) is 3.92. The molecule has 1 aliphatic rings. The number of ether oxygens (including phenoxy) is 1. The molecule has 78 valence electrons. The maximum atomic E-state index is 12.0. The molecule has 0 N–H and O–H groups in total. The van der Waals surface area contributed by atoms with Gasteiger partial charge in [-0.15, -0.1) is 0 Å². The maximum absolute atomic E-state index is 12.0. The van der Waals surface area contributed by atoms with Crippen molar-refractivity contribution in [1.82, 2.24) is 4.98 Å². The minimum absolute atomic E-state index is 0.0363. The van der Waals surface area contributed by atoms with Gasteiger partial charge in [0.05, 0.1) is 0 Å². The summed E-state index contributed by atoms with van der Waals surface area (Å²) in [5.41, 5.74) is 1.32. The molecule has 2 rings (SSSR count). The third-order valence-electron chi connectivity index (χ3n) is 2.36. The van der Waals surface area contributed by atoms with Crippen molar-refractivity contribution in [2.45, 2.75) is 18.8 Å². The molecule has 1 heterocycles. The van der Waals surface area contributed by atoms with E-state index in [-0.39, 0.29) is 6.61 Å². The Labute approximate surface area is 87.5 Å². The molecular weight excluding hydrogens is 195 g/mol. The Hall–Kier alpha value is -1.63. The van der Waals surface area contributed by atoms with Crippen LogP contribution in [0.2, 0.25) is 0 Å². The van der Waals surface area contributed by atoms with E-state index in [1.165, 1.54) is 0 Å². The van der Waals surface area contributed by atoms with Crippen LogP contribution < -0.4 is 4.74 Å². The zero-order valence-electron chi connectivity index (χ0n) is 8.24. The normalized spacial score (nSPS) is 14.7. The molecule has 15 heavy (non-hydrogen) atoms. The minimum atomic E-state index is -0.520. The Balaban J connectivity index is 2.24. The maximum Gasteiger partial charge on any atom is 0.144 e. The van der Waals surface area contributed by atoms with E-state index in [4.69, 9.17) is 10.00 Å². The van der Waals surface area contributed by atoms with Crippen molar-refractivity contribution in [2.75, 3.05) is 13.3 Å². The quantitative estimate of drug-likeness (QED) is 0.758. The van der Waals surface area contributed by atoms with Crippen molar-refractivity contribution in [1.29, 1.82) is 5.26 Å². The molecule has 1 aliphatic carbocycles. The lowest BCUT2D eigenvalue weighted by Crippen LogP contribution is -2.02. The van der Waals surface area contributed by atoms with Gasteiger partial charge in [0.1, 0.15) is 30.8 Å². The second-order valence-corrected chi connectivity index (χ2v) is 3.53. The van der Waals surface area contributed by atoms with Crippen LogP contribution in [0, 0.1) is 11.3 Å². The molecule has 0 amide bonds. The summed E-state index contributed by atoms with van der Waals surface area (Å²) < 4.78 is 17.3. The molecule has 0 aliphatic heterocycles. The van der Waals surface area contributed by atoms with Gasteiger partial charge in [-0.1, -0.05) is 0 Å². The summed E-state index contributed by atoms with van der Waals surface area (Å²) in [6.45, 7) is -0.483. The van der Waals surface area contributed by atoms with E-state index >= 15 is 0 Å². The van der Waals surface area contributed by atoms with Gasteiger partial charge in [-0.25, -0.2) is 9.37 Å². The molecule has 4 heteroatoms. The van der Waals surface area contributed by atoms with Gasteiger partial charge >= 0.3 is 0 Å². The van der Waals surface area contributed by atoms with Gasteiger partial charge < -0.3 is 4.74 Å². The van der Waals surface area contributed by atoms with Gasteiger partial charge in [0, 0.05) is 17.8 Å². The SMILES string of the molecule is N#Cc1cc(OCCF)c(C2CC2)cn1. The Morgan fingerprint density at radius 3 is 3.00 bits per heavy atom. The number of pyridine rings is 1. The van der Waals surface area contributed by atoms with Crippen molar-refractivity contribution in [3.05, 3.63) is 23.5 Å². The van der Waals surface area contributed by atoms with Crippen molar-refractivity contribution in [2.24, 2.45) is 0 Å². The number of nitriles is 1. The van der Waals surface area contributed by atoms with E-state index in [0.29, 0.717) is 17.4 Å². The first-order chi connectivity index (χ1) is 7.35. The lowest BCUT2D eigenvalue weighted by atomic mass is 10.1. The first-order valence-corrected chi connectivity index (χ1v) is 4.94. The average Bonchev–Trinajstić information content (AvgIpc) is 3.09. The second-order valence-electron chi connectivity index (χ2n) is 3.53. The number of halogens is 1. The highest BCUT2D eigenvalue weighted by Gasteiger charge is 2.27. The fraction of sp³-hybridized carbons (Fsp3) is 0.455. The zero-order chi connectivity index (χ0) is 10.7. The van der Waals surface area contributed by atoms with Crippen LogP contribution in [0.3, 0.4) is 0 Å². The molecule has 1 aromatic heterocycles. The fourth-order valence-corrected chi connectivity index (χ4v) is 1.48. The summed E-state index contributed by atoms with van der Waals surface area (Å²) in [5, 5.41) is 8.69. The van der Waals surface area contributed by atoms with Crippen LogP contribution >= 0.6 is 0 Å². The lowest BCUT2D eigenvalue weighted by Gasteiger charge is -2.09. The number of aromatic nitrogens is 1. The summed E-state index contributed by atoms with van der Waals surface area (Å²) in [6, 6.07) is 3.53. The van der Waals surface area contributed by atoms with Crippen LogP contribution in [0.5, 0.6) is 5.75 Å². The summed E-state index contributed by atoms with van der Waals surface area (Å²) in [4.78, 5) is 3.99. The first-order valence-electron chi connectivity index (χ1n) is 4.94. The van der Waals surface area contributed by atoms with Gasteiger partial charge in [0.15, 0.2) is 0 Å². The van der Waals surface area contributed by atoms with E-state index in [0.717, 1.165) is 18.4 Å². The number of rotatable bonds is 4. The standard InChI is InChI=1S/C11H11FN2O/c12-3-4-15-11-5-9(6-13)14-7-10(11)8-1-2-8/h5,7-8H,1-4H2. The van der Waals surface area contributed by atoms with Crippen molar-refractivity contribution >= 4 is 0 Å². The molecule has 1 saturated carbocycles.